The summed E-state index contributed by atoms with van der Waals surface area (Å²) in [6.07, 6.45) is 8.61. The number of terminal acetylenes is 1. The molecule has 0 aromatic rings. The van der Waals surface area contributed by atoms with Crippen molar-refractivity contribution in [3.63, 3.8) is 0 Å². The molecule has 0 fully saturated rings. The van der Waals surface area contributed by atoms with Gasteiger partial charge in [-0.1, -0.05) is 6.08 Å². The summed E-state index contributed by atoms with van der Waals surface area (Å²) < 4.78 is 0. The van der Waals surface area contributed by atoms with Gasteiger partial charge in [-0.3, -0.25) is 4.79 Å². The van der Waals surface area contributed by atoms with Gasteiger partial charge in [0.2, 0.25) is 5.91 Å². The van der Waals surface area contributed by atoms with Crippen molar-refractivity contribution in [2.24, 2.45) is 0 Å². The summed E-state index contributed by atoms with van der Waals surface area (Å²) >= 11 is 0. The number of amides is 1. The quantitative estimate of drug-likeness (QED) is 0.485. The minimum absolute atomic E-state index is 0.0395. The lowest BCUT2D eigenvalue weighted by atomic mass is 10.2. The van der Waals surface area contributed by atoms with Gasteiger partial charge in [0.1, 0.15) is 0 Å². The van der Waals surface area contributed by atoms with E-state index < -0.39 is 0 Å². The Bertz CT molecular complexity index is 191. The van der Waals surface area contributed by atoms with Gasteiger partial charge in [0.25, 0.3) is 0 Å². The predicted molar refractivity (Wildman–Crippen MR) is 50.5 cm³/mol. The van der Waals surface area contributed by atoms with Crippen molar-refractivity contribution in [3.05, 3.63) is 12.7 Å². The molecule has 1 atom stereocenters. The highest BCUT2D eigenvalue weighted by atomic mass is 16.1. The third-order valence-electron chi connectivity index (χ3n) is 1.41. The summed E-state index contributed by atoms with van der Waals surface area (Å²) in [7, 11) is 0. The molecule has 1 amide bonds. The smallest absolute Gasteiger partial charge is 0.220 e. The van der Waals surface area contributed by atoms with Crippen LogP contribution in [0.3, 0.4) is 0 Å². The lowest BCUT2D eigenvalue weighted by Gasteiger charge is -2.09. The maximum Gasteiger partial charge on any atom is 0.220 e. The zero-order valence-electron chi connectivity index (χ0n) is 7.47. The van der Waals surface area contributed by atoms with E-state index in [4.69, 9.17) is 6.42 Å². The van der Waals surface area contributed by atoms with Crippen LogP contribution in [0.2, 0.25) is 0 Å². The molecule has 0 aliphatic carbocycles. The second-order valence-corrected chi connectivity index (χ2v) is 2.70. The minimum Gasteiger partial charge on any atom is -0.353 e. The van der Waals surface area contributed by atoms with Gasteiger partial charge in [-0.25, -0.2) is 0 Å². The van der Waals surface area contributed by atoms with Crippen LogP contribution in [-0.2, 0) is 4.79 Å². The van der Waals surface area contributed by atoms with Crippen LogP contribution in [0, 0.1) is 12.3 Å². The maximum absolute atomic E-state index is 11.1. The molecule has 2 nitrogen and oxygen atoms in total. The third-order valence-corrected chi connectivity index (χ3v) is 1.41. The maximum atomic E-state index is 11.1. The second-order valence-electron chi connectivity index (χ2n) is 2.70. The van der Waals surface area contributed by atoms with Crippen molar-refractivity contribution < 1.29 is 4.79 Å². The van der Waals surface area contributed by atoms with Crippen LogP contribution in [0.1, 0.15) is 26.2 Å². The van der Waals surface area contributed by atoms with Crippen LogP contribution in [-0.4, -0.2) is 11.9 Å². The van der Waals surface area contributed by atoms with E-state index in [-0.39, 0.29) is 11.9 Å². The van der Waals surface area contributed by atoms with E-state index in [0.717, 1.165) is 0 Å². The number of carbonyl (C=O) groups is 1. The van der Waals surface area contributed by atoms with E-state index >= 15 is 0 Å². The Kier molecular flexibility index (Phi) is 5.81. The van der Waals surface area contributed by atoms with Crippen molar-refractivity contribution >= 4 is 5.91 Å². The molecule has 0 heterocycles. The van der Waals surface area contributed by atoms with Crippen LogP contribution in [0.15, 0.2) is 12.7 Å². The lowest BCUT2D eigenvalue weighted by Crippen LogP contribution is -2.31. The highest BCUT2D eigenvalue weighted by Crippen LogP contribution is 1.93. The van der Waals surface area contributed by atoms with Crippen LogP contribution >= 0.6 is 0 Å². The van der Waals surface area contributed by atoms with E-state index in [0.29, 0.717) is 19.3 Å². The number of rotatable bonds is 5. The Morgan fingerprint density at radius 2 is 2.50 bits per heavy atom. The summed E-state index contributed by atoms with van der Waals surface area (Å²) in [6, 6.07) is 0.0762. The fourth-order valence-corrected chi connectivity index (χ4v) is 0.808. The number of hydrogen-bond acceptors (Lipinski definition) is 1. The minimum atomic E-state index is 0.0395. The van der Waals surface area contributed by atoms with Gasteiger partial charge in [0.05, 0.1) is 0 Å². The fraction of sp³-hybridized carbons (Fsp3) is 0.500. The van der Waals surface area contributed by atoms with Gasteiger partial charge in [0, 0.05) is 18.9 Å². The first-order chi connectivity index (χ1) is 5.70. The number of allylic oxidation sites excluding steroid dienone is 1. The number of carbonyl (C=O) groups excluding carboxylic acids is 1. The van der Waals surface area contributed by atoms with Crippen molar-refractivity contribution in [1.29, 1.82) is 0 Å². The van der Waals surface area contributed by atoms with E-state index in [1.807, 2.05) is 6.92 Å². The largest absolute Gasteiger partial charge is 0.353 e. The van der Waals surface area contributed by atoms with E-state index in [2.05, 4.69) is 17.8 Å². The van der Waals surface area contributed by atoms with Crippen molar-refractivity contribution in [2.45, 2.75) is 32.2 Å². The molecule has 0 aliphatic rings. The number of hydrogen-bond donors (Lipinski definition) is 1. The molecule has 0 saturated heterocycles. The third kappa shape index (κ3) is 5.55. The Balaban J connectivity index is 3.55. The molecule has 0 rings (SSSR count). The Morgan fingerprint density at radius 1 is 1.83 bits per heavy atom. The van der Waals surface area contributed by atoms with Gasteiger partial charge >= 0.3 is 0 Å². The van der Waals surface area contributed by atoms with E-state index in [9.17, 15) is 4.79 Å². The average molecular weight is 165 g/mol. The number of nitrogens with one attached hydrogen (secondary N) is 1. The summed E-state index contributed by atoms with van der Waals surface area (Å²) in [5, 5.41) is 2.79. The van der Waals surface area contributed by atoms with E-state index in [1.165, 1.54) is 0 Å². The summed E-state index contributed by atoms with van der Waals surface area (Å²) in [5.41, 5.74) is 0. The predicted octanol–water partition coefficient (Wildman–Crippen LogP) is 1.48. The Hall–Kier alpha value is -1.23. The summed E-state index contributed by atoms with van der Waals surface area (Å²) in [6.45, 7) is 5.43. The highest BCUT2D eigenvalue weighted by molar-refractivity contribution is 5.76. The SMILES string of the molecule is C#CCC(C)NC(=O)CCC=C. The molecule has 12 heavy (non-hydrogen) atoms. The Labute approximate surface area is 74.0 Å². The molecular weight excluding hydrogens is 150 g/mol. The first kappa shape index (κ1) is 10.8. The molecule has 0 spiro atoms. The summed E-state index contributed by atoms with van der Waals surface area (Å²) in [4.78, 5) is 11.1. The molecule has 66 valence electrons. The van der Waals surface area contributed by atoms with Gasteiger partial charge in [-0.15, -0.1) is 18.9 Å². The van der Waals surface area contributed by atoms with Gasteiger partial charge in [-0.2, -0.15) is 0 Å². The molecule has 0 saturated carbocycles. The molecule has 0 aromatic heterocycles. The zero-order valence-corrected chi connectivity index (χ0v) is 7.47. The average Bonchev–Trinajstić information content (AvgIpc) is 2.01. The Morgan fingerprint density at radius 3 is 3.00 bits per heavy atom. The molecule has 0 aromatic carbocycles. The lowest BCUT2D eigenvalue weighted by molar-refractivity contribution is -0.121. The topological polar surface area (TPSA) is 29.1 Å². The molecule has 0 radical (unpaired) electrons. The van der Waals surface area contributed by atoms with Gasteiger partial charge in [-0.05, 0) is 13.3 Å². The molecule has 2 heteroatoms. The van der Waals surface area contributed by atoms with E-state index in [1.54, 1.807) is 6.08 Å². The standard InChI is InChI=1S/C10H15NO/c1-4-6-8-10(12)11-9(3)7-5-2/h2,4,9H,1,6-8H2,3H3,(H,11,12). The molecule has 1 unspecified atom stereocenters. The van der Waals surface area contributed by atoms with Crippen molar-refractivity contribution in [3.8, 4) is 12.3 Å². The van der Waals surface area contributed by atoms with Crippen LogP contribution in [0.4, 0.5) is 0 Å². The normalized spacial score (nSPS) is 11.3. The fourth-order valence-electron chi connectivity index (χ4n) is 0.808. The first-order valence-electron chi connectivity index (χ1n) is 4.04. The van der Waals surface area contributed by atoms with Gasteiger partial charge in [0.15, 0.2) is 0 Å². The van der Waals surface area contributed by atoms with Crippen molar-refractivity contribution in [2.75, 3.05) is 0 Å². The van der Waals surface area contributed by atoms with Gasteiger partial charge < -0.3 is 5.32 Å². The van der Waals surface area contributed by atoms with Crippen LogP contribution in [0.25, 0.3) is 0 Å². The van der Waals surface area contributed by atoms with Crippen LogP contribution < -0.4 is 5.32 Å². The summed E-state index contributed by atoms with van der Waals surface area (Å²) in [5.74, 6) is 2.53. The molecule has 0 aliphatic heterocycles. The van der Waals surface area contributed by atoms with Crippen molar-refractivity contribution in [1.82, 2.24) is 5.32 Å². The molecular formula is C10H15NO. The molecule has 1 N–H and O–H groups in total. The van der Waals surface area contributed by atoms with Crippen LogP contribution in [0.5, 0.6) is 0 Å². The zero-order chi connectivity index (χ0) is 9.40. The highest BCUT2D eigenvalue weighted by Gasteiger charge is 2.03. The molecule has 0 bridgehead atoms. The second kappa shape index (κ2) is 6.48. The first-order valence-corrected chi connectivity index (χ1v) is 4.04. The monoisotopic (exact) mass is 165 g/mol.